The zero-order valence-electron chi connectivity index (χ0n) is 20.0. The van der Waals surface area contributed by atoms with E-state index in [-0.39, 0.29) is 11.4 Å². The number of amides is 1. The van der Waals surface area contributed by atoms with E-state index in [9.17, 15) is 14.7 Å². The zero-order valence-corrected chi connectivity index (χ0v) is 20.8. The third kappa shape index (κ3) is 4.99. The van der Waals surface area contributed by atoms with Crippen LogP contribution in [0.4, 0.5) is 0 Å². The number of carbonyl (C=O) groups excluding carboxylic acids is 2. The summed E-state index contributed by atoms with van der Waals surface area (Å²) >= 11 is 1.26. The highest BCUT2D eigenvalue weighted by Crippen LogP contribution is 2.41. The predicted octanol–water partition coefficient (Wildman–Crippen LogP) is 5.13. The van der Waals surface area contributed by atoms with Crippen molar-refractivity contribution in [2.75, 3.05) is 26.9 Å². The summed E-state index contributed by atoms with van der Waals surface area (Å²) in [5.41, 5.74) is 2.26. The number of thiazole rings is 1. The monoisotopic (exact) mass is 492 g/mol. The van der Waals surface area contributed by atoms with Crippen molar-refractivity contribution in [2.45, 2.75) is 26.3 Å². The number of Topliss-reactive ketones (excluding diaryl/α,β-unsaturated/α-hetero) is 1. The van der Waals surface area contributed by atoms with Gasteiger partial charge < -0.3 is 19.5 Å². The molecule has 7 nitrogen and oxygen atoms in total. The van der Waals surface area contributed by atoms with Crippen molar-refractivity contribution in [3.8, 4) is 16.3 Å². The molecule has 0 radical (unpaired) electrons. The van der Waals surface area contributed by atoms with Crippen molar-refractivity contribution >= 4 is 23.0 Å². The average Bonchev–Trinajstić information content (AvgIpc) is 3.38. The highest BCUT2D eigenvalue weighted by molar-refractivity contribution is 7.17. The van der Waals surface area contributed by atoms with Gasteiger partial charge in [0.1, 0.15) is 10.8 Å². The van der Waals surface area contributed by atoms with Crippen LogP contribution in [0.5, 0.6) is 5.75 Å². The summed E-state index contributed by atoms with van der Waals surface area (Å²) in [5, 5.41) is 11.6. The molecule has 1 N–H and O–H groups in total. The van der Waals surface area contributed by atoms with E-state index >= 15 is 0 Å². The van der Waals surface area contributed by atoms with Crippen LogP contribution in [0.25, 0.3) is 10.6 Å². The zero-order chi connectivity index (χ0) is 24.9. The lowest BCUT2D eigenvalue weighted by atomic mass is 9.95. The summed E-state index contributed by atoms with van der Waals surface area (Å²) in [5.74, 6) is -0.770. The summed E-state index contributed by atoms with van der Waals surface area (Å²) in [7, 11) is 1.59. The van der Waals surface area contributed by atoms with Gasteiger partial charge in [-0.05, 0) is 38.0 Å². The number of aryl methyl sites for hydroxylation is 1. The number of ether oxygens (including phenoxy) is 2. The lowest BCUT2D eigenvalue weighted by Gasteiger charge is -2.27. The molecule has 4 rings (SSSR count). The molecule has 0 saturated heterocycles. The van der Waals surface area contributed by atoms with E-state index < -0.39 is 17.7 Å². The number of ketones is 1. The Kier molecular flexibility index (Phi) is 7.63. The van der Waals surface area contributed by atoms with Gasteiger partial charge in [-0.15, -0.1) is 11.3 Å². The Morgan fingerprint density at radius 3 is 2.51 bits per heavy atom. The fourth-order valence-corrected chi connectivity index (χ4v) is 5.21. The second-order valence-electron chi connectivity index (χ2n) is 8.14. The van der Waals surface area contributed by atoms with Crippen molar-refractivity contribution < 1.29 is 24.2 Å². The molecule has 2 heterocycles. The molecule has 3 aromatic rings. The van der Waals surface area contributed by atoms with E-state index in [2.05, 4.69) is 4.98 Å². The van der Waals surface area contributed by atoms with Crippen LogP contribution in [0.3, 0.4) is 0 Å². The van der Waals surface area contributed by atoms with Crippen molar-refractivity contribution in [2.24, 2.45) is 0 Å². The number of hydrogen-bond donors (Lipinski definition) is 1. The fraction of sp³-hybridized carbons (Fsp3) is 0.296. The number of benzene rings is 2. The second-order valence-corrected chi connectivity index (χ2v) is 9.14. The number of carbonyl (C=O) groups is 2. The Morgan fingerprint density at radius 2 is 1.86 bits per heavy atom. The maximum Gasteiger partial charge on any atom is 0.290 e. The molecule has 0 saturated carbocycles. The van der Waals surface area contributed by atoms with Gasteiger partial charge >= 0.3 is 0 Å². The molecule has 1 amide bonds. The van der Waals surface area contributed by atoms with E-state index in [0.29, 0.717) is 47.5 Å². The lowest BCUT2D eigenvalue weighted by molar-refractivity contribution is -0.129. The molecular formula is C27H28N2O5S. The molecule has 1 aliphatic heterocycles. The van der Waals surface area contributed by atoms with Crippen LogP contribution in [0.15, 0.2) is 65.9 Å². The van der Waals surface area contributed by atoms with Gasteiger partial charge in [0.05, 0.1) is 28.8 Å². The topological polar surface area (TPSA) is 89.0 Å². The molecule has 182 valence electrons. The van der Waals surface area contributed by atoms with Crippen LogP contribution in [0, 0.1) is 6.92 Å². The number of nitrogens with zero attached hydrogens (tertiary/aromatic N) is 2. The highest BCUT2D eigenvalue weighted by Gasteiger charge is 2.44. The lowest BCUT2D eigenvalue weighted by Crippen LogP contribution is -2.32. The molecule has 35 heavy (non-hydrogen) atoms. The first kappa shape index (κ1) is 24.6. The van der Waals surface area contributed by atoms with Gasteiger partial charge in [0.25, 0.3) is 5.91 Å². The van der Waals surface area contributed by atoms with Crippen LogP contribution in [0.2, 0.25) is 0 Å². The van der Waals surface area contributed by atoms with Crippen LogP contribution in [-0.2, 0) is 9.53 Å². The van der Waals surface area contributed by atoms with E-state index in [1.165, 1.54) is 16.2 Å². The maximum atomic E-state index is 13.8. The minimum absolute atomic E-state index is 0.0722. The Labute approximate surface area is 208 Å². The highest BCUT2D eigenvalue weighted by atomic mass is 32.1. The molecular weight excluding hydrogens is 464 g/mol. The predicted molar refractivity (Wildman–Crippen MR) is 135 cm³/mol. The standard InChI is InChI=1S/C27H28N2O5S/c1-4-34-20-13-11-18(12-14-20)22-21(24(31)27(32)29(22)15-8-16-33-3)23(30)25-17(2)28-26(35-25)19-9-6-5-7-10-19/h5-7,9-14,22,31H,4,8,15-16H2,1-3H3. The van der Waals surface area contributed by atoms with E-state index in [1.54, 1.807) is 26.2 Å². The molecule has 1 aromatic heterocycles. The van der Waals surface area contributed by atoms with Crippen LogP contribution in [0.1, 0.15) is 40.3 Å². The number of aliphatic hydroxyl groups excluding tert-OH is 1. The van der Waals surface area contributed by atoms with Gasteiger partial charge in [0.15, 0.2) is 5.76 Å². The molecule has 1 aliphatic rings. The van der Waals surface area contributed by atoms with Crippen molar-refractivity contribution in [3.63, 3.8) is 0 Å². The summed E-state index contributed by atoms with van der Waals surface area (Å²) in [6.07, 6.45) is 0.572. The molecule has 0 bridgehead atoms. The first-order valence-corrected chi connectivity index (χ1v) is 12.3. The fourth-order valence-electron chi connectivity index (χ4n) is 4.19. The van der Waals surface area contributed by atoms with Gasteiger partial charge in [-0.25, -0.2) is 4.98 Å². The molecule has 0 fully saturated rings. The summed E-state index contributed by atoms with van der Waals surface area (Å²) < 4.78 is 10.7. The average molecular weight is 493 g/mol. The summed E-state index contributed by atoms with van der Waals surface area (Å²) in [6, 6.07) is 16.2. The molecule has 0 aliphatic carbocycles. The minimum atomic E-state index is -0.718. The largest absolute Gasteiger partial charge is 0.503 e. The van der Waals surface area contributed by atoms with E-state index in [0.717, 1.165) is 11.1 Å². The van der Waals surface area contributed by atoms with Crippen molar-refractivity contribution in [3.05, 3.63) is 82.1 Å². The van der Waals surface area contributed by atoms with Crippen LogP contribution < -0.4 is 4.74 Å². The Balaban J connectivity index is 1.73. The van der Waals surface area contributed by atoms with Gasteiger partial charge in [-0.3, -0.25) is 9.59 Å². The van der Waals surface area contributed by atoms with Crippen molar-refractivity contribution in [1.82, 2.24) is 9.88 Å². The SMILES string of the molecule is CCOc1ccc(C2C(C(=O)c3sc(-c4ccccc4)nc3C)=C(O)C(=O)N2CCCOC)cc1. The quantitative estimate of drug-likeness (QED) is 0.312. The molecule has 0 spiro atoms. The molecule has 1 unspecified atom stereocenters. The number of aromatic nitrogens is 1. The molecule has 1 atom stereocenters. The van der Waals surface area contributed by atoms with Gasteiger partial charge in [0.2, 0.25) is 5.78 Å². The van der Waals surface area contributed by atoms with Crippen LogP contribution in [-0.4, -0.2) is 53.5 Å². The summed E-state index contributed by atoms with van der Waals surface area (Å²) in [6.45, 7) is 5.00. The van der Waals surface area contributed by atoms with Crippen molar-refractivity contribution in [1.29, 1.82) is 0 Å². The van der Waals surface area contributed by atoms with E-state index in [1.807, 2.05) is 49.4 Å². The molecule has 2 aromatic carbocycles. The third-order valence-electron chi connectivity index (χ3n) is 5.83. The van der Waals surface area contributed by atoms with Gasteiger partial charge in [-0.2, -0.15) is 0 Å². The Bertz CT molecular complexity index is 1230. The second kappa shape index (κ2) is 10.8. The third-order valence-corrected chi connectivity index (χ3v) is 7.03. The Hall–Kier alpha value is -3.49. The van der Waals surface area contributed by atoms with Gasteiger partial charge in [-0.1, -0.05) is 42.5 Å². The smallest absolute Gasteiger partial charge is 0.290 e. The number of aliphatic hydroxyl groups is 1. The van der Waals surface area contributed by atoms with Gasteiger partial charge in [0, 0.05) is 25.8 Å². The van der Waals surface area contributed by atoms with E-state index in [4.69, 9.17) is 9.47 Å². The minimum Gasteiger partial charge on any atom is -0.503 e. The molecule has 8 heteroatoms. The number of rotatable bonds is 10. The maximum absolute atomic E-state index is 13.8. The first-order chi connectivity index (χ1) is 17.0. The first-order valence-electron chi connectivity index (χ1n) is 11.5. The Morgan fingerprint density at radius 1 is 1.14 bits per heavy atom. The normalized spacial score (nSPS) is 15.7. The summed E-state index contributed by atoms with van der Waals surface area (Å²) in [4.78, 5) is 33.5. The number of hydrogen-bond acceptors (Lipinski definition) is 7. The van der Waals surface area contributed by atoms with Crippen LogP contribution >= 0.6 is 11.3 Å². The number of methoxy groups -OCH3 is 1.